The zero-order chi connectivity index (χ0) is 19.6. The van der Waals surface area contributed by atoms with E-state index in [-0.39, 0.29) is 11.9 Å². The summed E-state index contributed by atoms with van der Waals surface area (Å²) in [5.41, 5.74) is 1.74. The number of benzene rings is 2. The molecule has 0 unspecified atom stereocenters. The Balaban J connectivity index is 1.33. The molecule has 148 valence electrons. The Morgan fingerprint density at radius 3 is 2.72 bits per heavy atom. The third-order valence-corrected chi connectivity index (χ3v) is 5.84. The highest BCUT2D eigenvalue weighted by molar-refractivity contribution is 6.08. The molecular formula is C24H24N2O3. The Bertz CT molecular complexity index is 1120. The van der Waals surface area contributed by atoms with Gasteiger partial charge in [-0.1, -0.05) is 30.3 Å². The van der Waals surface area contributed by atoms with Crippen LogP contribution in [0.2, 0.25) is 0 Å². The number of likely N-dealkylation sites (tertiary alicyclic amines) is 1. The largest absolute Gasteiger partial charge is 0.468 e. The standard InChI is InChI=1S/C24H24N2O3/c27-23(25-15-20(21-8-5-13-28-21)26-11-3-4-12-26)14-18-16-29-22-10-9-17-6-1-2-7-19(17)24(18)22/h1-2,5-10,13,16,20H,3-4,11-12,14-15H2,(H,25,27)/t20-/m1/s1. The third-order valence-electron chi connectivity index (χ3n) is 5.84. The Morgan fingerprint density at radius 1 is 1.03 bits per heavy atom. The van der Waals surface area contributed by atoms with Crippen molar-refractivity contribution < 1.29 is 13.6 Å². The molecule has 1 N–H and O–H groups in total. The van der Waals surface area contributed by atoms with Crippen LogP contribution in [0.15, 0.2) is 69.9 Å². The summed E-state index contributed by atoms with van der Waals surface area (Å²) >= 11 is 0. The Hall–Kier alpha value is -3.05. The molecule has 1 aliphatic heterocycles. The van der Waals surface area contributed by atoms with Gasteiger partial charge in [0.2, 0.25) is 5.91 Å². The van der Waals surface area contributed by atoms with Crippen LogP contribution in [0.3, 0.4) is 0 Å². The van der Waals surface area contributed by atoms with E-state index in [0.29, 0.717) is 13.0 Å². The van der Waals surface area contributed by atoms with Crippen LogP contribution in [0.4, 0.5) is 0 Å². The number of nitrogens with zero attached hydrogens (tertiary/aromatic N) is 1. The van der Waals surface area contributed by atoms with E-state index in [1.54, 1.807) is 12.5 Å². The highest BCUT2D eigenvalue weighted by Gasteiger charge is 2.26. The Labute approximate surface area is 169 Å². The number of carbonyl (C=O) groups is 1. The molecule has 0 saturated carbocycles. The fourth-order valence-corrected chi connectivity index (χ4v) is 4.39. The van der Waals surface area contributed by atoms with Gasteiger partial charge in [-0.3, -0.25) is 9.69 Å². The van der Waals surface area contributed by atoms with Crippen LogP contribution in [0.25, 0.3) is 21.7 Å². The number of hydrogen-bond donors (Lipinski definition) is 1. The molecule has 5 nitrogen and oxygen atoms in total. The average molecular weight is 388 g/mol. The molecule has 1 amide bonds. The smallest absolute Gasteiger partial charge is 0.224 e. The lowest BCUT2D eigenvalue weighted by molar-refractivity contribution is -0.120. The zero-order valence-corrected chi connectivity index (χ0v) is 16.3. The summed E-state index contributed by atoms with van der Waals surface area (Å²) in [5, 5.41) is 6.41. The minimum atomic E-state index is -0.00335. The van der Waals surface area contributed by atoms with E-state index in [1.807, 2.05) is 30.3 Å². The lowest BCUT2D eigenvalue weighted by atomic mass is 10.0. The van der Waals surface area contributed by atoms with Gasteiger partial charge in [0.05, 0.1) is 25.0 Å². The maximum atomic E-state index is 12.8. The molecular weight excluding hydrogens is 364 g/mol. The summed E-state index contributed by atoms with van der Waals surface area (Å²) in [6.07, 6.45) is 6.09. The fourth-order valence-electron chi connectivity index (χ4n) is 4.39. The minimum absolute atomic E-state index is 0.00335. The van der Waals surface area contributed by atoms with Crippen LogP contribution in [0.1, 0.15) is 30.2 Å². The van der Waals surface area contributed by atoms with Crippen molar-refractivity contribution in [2.24, 2.45) is 0 Å². The zero-order valence-electron chi connectivity index (χ0n) is 16.3. The molecule has 0 spiro atoms. The first-order chi connectivity index (χ1) is 14.3. The lowest BCUT2D eigenvalue weighted by Crippen LogP contribution is -2.37. The topological polar surface area (TPSA) is 58.6 Å². The summed E-state index contributed by atoms with van der Waals surface area (Å²) in [5.74, 6) is 0.906. The number of carbonyl (C=O) groups excluding carboxylic acids is 1. The van der Waals surface area contributed by atoms with Gasteiger partial charge in [0.15, 0.2) is 0 Å². The van der Waals surface area contributed by atoms with Gasteiger partial charge < -0.3 is 14.2 Å². The minimum Gasteiger partial charge on any atom is -0.468 e. The van der Waals surface area contributed by atoms with Crippen molar-refractivity contribution in [3.05, 3.63) is 72.4 Å². The first kappa shape index (κ1) is 18.0. The second kappa shape index (κ2) is 7.76. The maximum absolute atomic E-state index is 12.8. The SMILES string of the molecule is O=C(Cc1coc2ccc3ccccc3c12)NC[C@H](c1ccco1)N1CCCC1. The molecule has 5 rings (SSSR count). The van der Waals surface area contributed by atoms with Crippen molar-refractivity contribution in [3.63, 3.8) is 0 Å². The van der Waals surface area contributed by atoms with Crippen molar-refractivity contribution in [2.45, 2.75) is 25.3 Å². The molecule has 2 aromatic heterocycles. The second-order valence-electron chi connectivity index (χ2n) is 7.68. The maximum Gasteiger partial charge on any atom is 0.224 e. The molecule has 3 heterocycles. The number of furan rings is 2. The van der Waals surface area contributed by atoms with Gasteiger partial charge in [-0.25, -0.2) is 0 Å². The molecule has 1 atom stereocenters. The summed E-state index contributed by atoms with van der Waals surface area (Å²) < 4.78 is 11.4. The number of fused-ring (bicyclic) bond motifs is 3. The number of amides is 1. The van der Waals surface area contributed by atoms with Gasteiger partial charge in [-0.05, 0) is 54.9 Å². The van der Waals surface area contributed by atoms with E-state index < -0.39 is 0 Å². The van der Waals surface area contributed by atoms with Gasteiger partial charge in [-0.15, -0.1) is 0 Å². The van der Waals surface area contributed by atoms with Crippen molar-refractivity contribution >= 4 is 27.6 Å². The molecule has 5 heteroatoms. The molecule has 2 aromatic carbocycles. The summed E-state index contributed by atoms with van der Waals surface area (Å²) in [6.45, 7) is 2.63. The predicted molar refractivity (Wildman–Crippen MR) is 113 cm³/mol. The van der Waals surface area contributed by atoms with Crippen molar-refractivity contribution in [2.75, 3.05) is 19.6 Å². The van der Waals surface area contributed by atoms with Crippen LogP contribution in [0.5, 0.6) is 0 Å². The quantitative estimate of drug-likeness (QED) is 0.521. The van der Waals surface area contributed by atoms with Crippen LogP contribution in [0, 0.1) is 0 Å². The van der Waals surface area contributed by atoms with Crippen molar-refractivity contribution in [1.82, 2.24) is 10.2 Å². The van der Waals surface area contributed by atoms with Gasteiger partial charge in [0.1, 0.15) is 11.3 Å². The molecule has 4 aromatic rings. The van der Waals surface area contributed by atoms with Crippen molar-refractivity contribution in [3.8, 4) is 0 Å². The molecule has 1 aliphatic rings. The molecule has 29 heavy (non-hydrogen) atoms. The third kappa shape index (κ3) is 3.54. The normalized spacial score (nSPS) is 15.9. The van der Waals surface area contributed by atoms with Gasteiger partial charge in [-0.2, -0.15) is 0 Å². The fraction of sp³-hybridized carbons (Fsp3) is 0.292. The van der Waals surface area contributed by atoms with E-state index >= 15 is 0 Å². The number of nitrogens with one attached hydrogen (secondary N) is 1. The summed E-state index contributed by atoms with van der Waals surface area (Å²) in [7, 11) is 0. The number of hydrogen-bond acceptors (Lipinski definition) is 4. The predicted octanol–water partition coefficient (Wildman–Crippen LogP) is 4.67. The van der Waals surface area contributed by atoms with E-state index in [9.17, 15) is 4.79 Å². The van der Waals surface area contributed by atoms with Gasteiger partial charge in [0, 0.05) is 17.5 Å². The highest BCUT2D eigenvalue weighted by atomic mass is 16.3. The van der Waals surface area contributed by atoms with Crippen LogP contribution in [-0.2, 0) is 11.2 Å². The Kier molecular flexibility index (Phi) is 4.82. The monoisotopic (exact) mass is 388 g/mol. The van der Waals surface area contributed by atoms with Crippen LogP contribution >= 0.6 is 0 Å². The second-order valence-corrected chi connectivity index (χ2v) is 7.68. The first-order valence-electron chi connectivity index (χ1n) is 10.2. The van der Waals surface area contributed by atoms with Gasteiger partial charge >= 0.3 is 0 Å². The highest BCUT2D eigenvalue weighted by Crippen LogP contribution is 2.30. The Morgan fingerprint density at radius 2 is 1.90 bits per heavy atom. The van der Waals surface area contributed by atoms with Crippen molar-refractivity contribution in [1.29, 1.82) is 0 Å². The summed E-state index contributed by atoms with van der Waals surface area (Å²) in [6, 6.07) is 16.2. The van der Waals surface area contributed by atoms with Gasteiger partial charge in [0.25, 0.3) is 0 Å². The molecule has 1 fully saturated rings. The van der Waals surface area contributed by atoms with E-state index in [0.717, 1.165) is 46.2 Å². The molecule has 1 saturated heterocycles. The molecule has 0 bridgehead atoms. The lowest BCUT2D eigenvalue weighted by Gasteiger charge is -2.26. The number of rotatable bonds is 6. The van der Waals surface area contributed by atoms with Crippen LogP contribution < -0.4 is 5.32 Å². The first-order valence-corrected chi connectivity index (χ1v) is 10.2. The van der Waals surface area contributed by atoms with E-state index in [2.05, 4.69) is 28.4 Å². The molecule has 0 aliphatic carbocycles. The average Bonchev–Trinajstić information content (AvgIpc) is 3.51. The van der Waals surface area contributed by atoms with Crippen LogP contribution in [-0.4, -0.2) is 30.4 Å². The molecule has 0 radical (unpaired) electrons. The van der Waals surface area contributed by atoms with E-state index in [4.69, 9.17) is 8.83 Å². The van der Waals surface area contributed by atoms with E-state index in [1.165, 1.54) is 12.8 Å². The summed E-state index contributed by atoms with van der Waals surface area (Å²) in [4.78, 5) is 15.2.